The van der Waals surface area contributed by atoms with E-state index in [2.05, 4.69) is 4.74 Å². The molecule has 172 valence electrons. The van der Waals surface area contributed by atoms with Crippen molar-refractivity contribution >= 4 is 16.1 Å². The topological polar surface area (TPSA) is 89.9 Å². The second-order valence-electron chi connectivity index (χ2n) is 5.96. The van der Waals surface area contributed by atoms with Crippen LogP contribution in [0, 0.1) is 5.92 Å². The zero-order valence-electron chi connectivity index (χ0n) is 15.0. The van der Waals surface area contributed by atoms with Crippen LogP contribution in [0.3, 0.4) is 0 Å². The van der Waals surface area contributed by atoms with Crippen molar-refractivity contribution in [3.05, 3.63) is 29.8 Å². The van der Waals surface area contributed by atoms with Crippen LogP contribution >= 0.6 is 0 Å². The maximum atomic E-state index is 14.0. The Morgan fingerprint density at radius 3 is 1.87 bits per heavy atom. The van der Waals surface area contributed by atoms with Crippen LogP contribution in [-0.2, 0) is 25.6 Å². The van der Waals surface area contributed by atoms with Crippen molar-refractivity contribution in [2.24, 2.45) is 5.92 Å². The maximum absolute atomic E-state index is 14.0. The van der Waals surface area contributed by atoms with Gasteiger partial charge in [-0.3, -0.25) is 9.35 Å². The molecule has 0 saturated heterocycles. The van der Waals surface area contributed by atoms with Crippen LogP contribution in [0.4, 0.5) is 35.1 Å². The third kappa shape index (κ3) is 5.00. The first-order valence-electron chi connectivity index (χ1n) is 7.81. The number of rotatable bonds is 9. The first-order valence-corrected chi connectivity index (χ1v) is 9.25. The highest BCUT2D eigenvalue weighted by Crippen LogP contribution is 2.50. The predicted octanol–water partition coefficient (Wildman–Crippen LogP) is 4.41. The molecule has 1 aromatic carbocycles. The van der Waals surface area contributed by atoms with Crippen molar-refractivity contribution in [3.63, 3.8) is 0 Å². The molecule has 6 nitrogen and oxygen atoms in total. The second kappa shape index (κ2) is 8.26. The van der Waals surface area contributed by atoms with Crippen LogP contribution in [0.25, 0.3) is 0 Å². The molecule has 0 saturated carbocycles. The molecule has 1 rings (SSSR count). The Morgan fingerprint density at radius 1 is 1.00 bits per heavy atom. The highest BCUT2D eigenvalue weighted by molar-refractivity contribution is 7.86. The summed E-state index contributed by atoms with van der Waals surface area (Å²) in [5.74, 6) is -7.41. The SMILES string of the molecule is CCC(C)C(=O)Oc1ccc(C(F)(F)C(F)(F)OC(F)(F)C(F)(F)S(=O)(=O)O)cc1. The Bertz CT molecular complexity index is 870. The minimum atomic E-state index is -7.00. The van der Waals surface area contributed by atoms with Gasteiger partial charge in [-0.05, 0) is 30.7 Å². The number of carbonyl (C=O) groups is 1. The molecule has 0 fully saturated rings. The first-order chi connectivity index (χ1) is 13.3. The van der Waals surface area contributed by atoms with Gasteiger partial charge in [-0.25, -0.2) is 4.74 Å². The van der Waals surface area contributed by atoms with Crippen LogP contribution in [0.5, 0.6) is 5.75 Å². The number of alkyl halides is 8. The van der Waals surface area contributed by atoms with Crippen molar-refractivity contribution < 1.29 is 62.4 Å². The van der Waals surface area contributed by atoms with Crippen molar-refractivity contribution in [3.8, 4) is 5.75 Å². The van der Waals surface area contributed by atoms with E-state index in [-0.39, 0.29) is 17.9 Å². The molecule has 15 heteroatoms. The zero-order chi connectivity index (χ0) is 23.8. The Hall–Kier alpha value is -2.00. The molecule has 0 aliphatic heterocycles. The van der Waals surface area contributed by atoms with E-state index in [1.54, 1.807) is 6.92 Å². The summed E-state index contributed by atoms with van der Waals surface area (Å²) >= 11 is 0. The van der Waals surface area contributed by atoms with E-state index in [9.17, 15) is 48.3 Å². The number of halogens is 8. The van der Waals surface area contributed by atoms with Gasteiger partial charge < -0.3 is 4.74 Å². The first kappa shape index (κ1) is 26.0. The monoisotopic (exact) mass is 474 g/mol. The van der Waals surface area contributed by atoms with Crippen molar-refractivity contribution in [2.45, 2.75) is 43.7 Å². The summed E-state index contributed by atoms with van der Waals surface area (Å²) in [7, 11) is -7.00. The normalized spacial score (nSPS) is 15.0. The van der Waals surface area contributed by atoms with Gasteiger partial charge in [0.2, 0.25) is 0 Å². The second-order valence-corrected chi connectivity index (χ2v) is 7.42. The molecule has 1 aromatic rings. The summed E-state index contributed by atoms with van der Waals surface area (Å²) in [6.45, 7) is 3.12. The standard InChI is InChI=1S/C15H14F8O6S/c1-3-8(2)11(24)28-10-6-4-9(5-7-10)12(16,17)13(18,19)29-14(20,21)15(22,23)30(25,26)27/h4-8H,3H2,1-2H3,(H,25,26,27). The lowest BCUT2D eigenvalue weighted by atomic mass is 10.1. The molecule has 0 aromatic heterocycles. The quantitative estimate of drug-likeness (QED) is 0.247. The van der Waals surface area contributed by atoms with Crippen LogP contribution in [0.2, 0.25) is 0 Å². The largest absolute Gasteiger partial charge is 0.460 e. The fraction of sp³-hybridized carbons (Fsp3) is 0.533. The summed E-state index contributed by atoms with van der Waals surface area (Å²) in [6.07, 6.45) is -12.7. The fourth-order valence-electron chi connectivity index (χ4n) is 1.72. The number of carbonyl (C=O) groups excluding carboxylic acids is 1. The van der Waals surface area contributed by atoms with Gasteiger partial charge in [-0.2, -0.15) is 43.5 Å². The summed E-state index contributed by atoms with van der Waals surface area (Å²) in [6, 6.07) is 1.64. The molecule has 30 heavy (non-hydrogen) atoms. The van der Waals surface area contributed by atoms with Crippen molar-refractivity contribution in [1.82, 2.24) is 0 Å². The summed E-state index contributed by atoms with van der Waals surface area (Å²) in [5.41, 5.74) is -1.72. The van der Waals surface area contributed by atoms with Crippen molar-refractivity contribution in [1.29, 1.82) is 0 Å². The summed E-state index contributed by atoms with van der Waals surface area (Å²) in [5, 5.41) is -6.66. The smallest absolute Gasteiger partial charge is 0.426 e. The van der Waals surface area contributed by atoms with Gasteiger partial charge in [0.1, 0.15) is 5.75 Å². The minimum Gasteiger partial charge on any atom is -0.426 e. The van der Waals surface area contributed by atoms with Crippen molar-refractivity contribution in [2.75, 3.05) is 0 Å². The highest BCUT2D eigenvalue weighted by atomic mass is 32.2. The van der Waals surface area contributed by atoms with Gasteiger partial charge in [-0.1, -0.05) is 13.8 Å². The van der Waals surface area contributed by atoms with Gasteiger partial charge in [0.05, 0.1) is 5.92 Å². The molecular weight excluding hydrogens is 460 g/mol. The van der Waals surface area contributed by atoms with E-state index >= 15 is 0 Å². The van der Waals surface area contributed by atoms with Gasteiger partial charge in [0.15, 0.2) is 0 Å². The lowest BCUT2D eigenvalue weighted by Crippen LogP contribution is -2.55. The van der Waals surface area contributed by atoms with E-state index in [4.69, 9.17) is 9.29 Å². The molecular formula is C15H14F8O6S. The lowest BCUT2D eigenvalue weighted by molar-refractivity contribution is -0.459. The Balaban J connectivity index is 3.16. The molecule has 0 aliphatic carbocycles. The highest BCUT2D eigenvalue weighted by Gasteiger charge is 2.74. The molecule has 0 spiro atoms. The van der Waals surface area contributed by atoms with Crippen LogP contribution in [0.1, 0.15) is 25.8 Å². The Morgan fingerprint density at radius 2 is 1.47 bits per heavy atom. The van der Waals surface area contributed by atoms with E-state index in [0.717, 1.165) is 0 Å². The minimum absolute atomic E-state index is 0.218. The van der Waals surface area contributed by atoms with Crippen LogP contribution < -0.4 is 4.74 Å². The molecule has 1 atom stereocenters. The Kier molecular flexibility index (Phi) is 7.17. The molecule has 1 N–H and O–H groups in total. The van der Waals surface area contributed by atoms with Gasteiger partial charge in [0, 0.05) is 5.56 Å². The van der Waals surface area contributed by atoms with E-state index in [1.165, 1.54) is 6.92 Å². The number of benzene rings is 1. The molecule has 0 radical (unpaired) electrons. The third-order valence-corrected chi connectivity index (χ3v) is 4.62. The molecule has 0 heterocycles. The average Bonchev–Trinajstić information content (AvgIpc) is 2.59. The van der Waals surface area contributed by atoms with E-state index in [0.29, 0.717) is 18.6 Å². The lowest BCUT2D eigenvalue weighted by Gasteiger charge is -2.31. The van der Waals surface area contributed by atoms with Crippen LogP contribution in [0.15, 0.2) is 24.3 Å². The third-order valence-electron chi connectivity index (χ3n) is 3.73. The van der Waals surface area contributed by atoms with E-state index in [1.807, 2.05) is 0 Å². The fourth-order valence-corrected chi connectivity index (χ4v) is 2.06. The number of hydrogen-bond acceptors (Lipinski definition) is 5. The van der Waals surface area contributed by atoms with Crippen LogP contribution in [-0.4, -0.2) is 36.4 Å². The van der Waals surface area contributed by atoms with E-state index < -0.39 is 51.0 Å². The molecule has 0 amide bonds. The molecule has 0 bridgehead atoms. The average molecular weight is 474 g/mol. The predicted molar refractivity (Wildman–Crippen MR) is 82.9 cm³/mol. The molecule has 1 unspecified atom stereocenters. The van der Waals surface area contributed by atoms with Gasteiger partial charge in [0.25, 0.3) is 0 Å². The number of hydrogen-bond donors (Lipinski definition) is 1. The molecule has 0 aliphatic rings. The summed E-state index contributed by atoms with van der Waals surface area (Å²) in [4.78, 5) is 11.6. The maximum Gasteiger partial charge on any atom is 0.460 e. The zero-order valence-corrected chi connectivity index (χ0v) is 15.8. The van der Waals surface area contributed by atoms with Gasteiger partial charge in [-0.15, -0.1) is 0 Å². The Labute approximate surface area is 164 Å². The van der Waals surface area contributed by atoms with Gasteiger partial charge >= 0.3 is 39.5 Å². The number of esters is 1. The number of ether oxygens (including phenoxy) is 2. The summed E-state index contributed by atoms with van der Waals surface area (Å²) < 4.78 is 143.